The molecule has 30 heavy (non-hydrogen) atoms. The molecule has 2 N–H and O–H groups in total. The molecule has 176 valence electrons. The molecule has 2 aliphatic heterocycles. The van der Waals surface area contributed by atoms with Crippen LogP contribution in [-0.2, 0) is 4.74 Å². The number of amides is 1. The summed E-state index contributed by atoms with van der Waals surface area (Å²) >= 11 is 0. The number of hydrogen-bond acceptors (Lipinski definition) is 5. The normalized spacial score (nSPS) is 20.2. The van der Waals surface area contributed by atoms with E-state index in [0.29, 0.717) is 19.0 Å². The molecule has 0 aromatic heterocycles. The van der Waals surface area contributed by atoms with Gasteiger partial charge in [0.1, 0.15) is 5.60 Å². The minimum Gasteiger partial charge on any atom is -0.444 e. The molecule has 0 spiro atoms. The van der Waals surface area contributed by atoms with E-state index in [2.05, 4.69) is 41.2 Å². The van der Waals surface area contributed by atoms with Gasteiger partial charge >= 0.3 is 6.09 Å². The standard InChI is InChI=1S/C21H42N6O2.HI/c1-7-22-19(24-18-15-27(16-18)20(28)29-21(4,5)6)23-13-17(3)14-26-11-9-25(8-2)10-12-26;/h17-18H,7-16H2,1-6H3,(H2,22,23,24);1H. The number of piperazine rings is 1. The molecular weight excluding hydrogens is 495 g/mol. The maximum atomic E-state index is 12.1. The Hall–Kier alpha value is -0.810. The van der Waals surface area contributed by atoms with Gasteiger partial charge in [0.15, 0.2) is 5.96 Å². The SMILES string of the molecule is CCNC(=NCC(C)CN1CCN(CC)CC1)NC1CN(C(=O)OC(C)(C)C)C1.I. The first-order chi connectivity index (χ1) is 13.7. The van der Waals surface area contributed by atoms with Gasteiger partial charge in [-0.05, 0) is 40.2 Å². The number of likely N-dealkylation sites (N-methyl/N-ethyl adjacent to an activating group) is 1. The monoisotopic (exact) mass is 538 g/mol. The summed E-state index contributed by atoms with van der Waals surface area (Å²) in [6, 6.07) is 0.220. The third-order valence-corrected chi connectivity index (χ3v) is 5.26. The number of carbonyl (C=O) groups excluding carboxylic acids is 1. The highest BCUT2D eigenvalue weighted by atomic mass is 127. The van der Waals surface area contributed by atoms with Gasteiger partial charge in [0.25, 0.3) is 0 Å². The van der Waals surface area contributed by atoms with Gasteiger partial charge in [0.05, 0.1) is 6.04 Å². The molecule has 2 fully saturated rings. The first kappa shape index (κ1) is 27.2. The van der Waals surface area contributed by atoms with Gasteiger partial charge in [0, 0.05) is 58.9 Å². The van der Waals surface area contributed by atoms with Crippen LogP contribution in [0.5, 0.6) is 0 Å². The van der Waals surface area contributed by atoms with Crippen LogP contribution in [0.15, 0.2) is 4.99 Å². The first-order valence-electron chi connectivity index (χ1n) is 11.2. The zero-order chi connectivity index (χ0) is 21.4. The molecule has 2 aliphatic rings. The van der Waals surface area contributed by atoms with Crippen LogP contribution in [0.3, 0.4) is 0 Å². The average molecular weight is 539 g/mol. The maximum Gasteiger partial charge on any atom is 0.410 e. The Kier molecular flexibility index (Phi) is 11.7. The van der Waals surface area contributed by atoms with Crippen molar-refractivity contribution in [3.8, 4) is 0 Å². The van der Waals surface area contributed by atoms with Crippen LogP contribution in [0.25, 0.3) is 0 Å². The van der Waals surface area contributed by atoms with Gasteiger partial charge in [-0.3, -0.25) is 4.99 Å². The zero-order valence-electron chi connectivity index (χ0n) is 19.7. The lowest BCUT2D eigenvalue weighted by molar-refractivity contribution is 0.00700. The van der Waals surface area contributed by atoms with Crippen molar-refractivity contribution in [2.45, 2.75) is 53.2 Å². The van der Waals surface area contributed by atoms with Crippen molar-refractivity contribution in [1.82, 2.24) is 25.3 Å². The van der Waals surface area contributed by atoms with E-state index in [9.17, 15) is 4.79 Å². The first-order valence-corrected chi connectivity index (χ1v) is 11.2. The molecule has 1 amide bonds. The number of carbonyl (C=O) groups is 1. The molecule has 2 saturated heterocycles. The quantitative estimate of drug-likeness (QED) is 0.294. The number of guanidine groups is 1. The summed E-state index contributed by atoms with van der Waals surface area (Å²) in [5.41, 5.74) is -0.453. The Balaban J connectivity index is 0.00000450. The fourth-order valence-electron chi connectivity index (χ4n) is 3.59. The highest BCUT2D eigenvalue weighted by Crippen LogP contribution is 2.15. The van der Waals surface area contributed by atoms with Crippen LogP contribution < -0.4 is 10.6 Å². The second-order valence-electron chi connectivity index (χ2n) is 9.29. The number of ether oxygens (including phenoxy) is 1. The fourth-order valence-corrected chi connectivity index (χ4v) is 3.59. The molecule has 0 radical (unpaired) electrons. The topological polar surface area (TPSA) is 72.4 Å². The summed E-state index contributed by atoms with van der Waals surface area (Å²) in [6.07, 6.45) is -0.241. The van der Waals surface area contributed by atoms with Crippen molar-refractivity contribution in [3.05, 3.63) is 0 Å². The number of nitrogens with one attached hydrogen (secondary N) is 2. The van der Waals surface area contributed by atoms with E-state index in [1.54, 1.807) is 4.90 Å². The third kappa shape index (κ3) is 9.55. The molecule has 0 bridgehead atoms. The summed E-state index contributed by atoms with van der Waals surface area (Å²) in [5, 5.41) is 6.76. The Bertz CT molecular complexity index is 540. The Morgan fingerprint density at radius 3 is 2.27 bits per heavy atom. The van der Waals surface area contributed by atoms with Crippen molar-refractivity contribution in [2.75, 3.05) is 65.4 Å². The van der Waals surface area contributed by atoms with E-state index in [1.165, 1.54) is 13.1 Å². The summed E-state index contributed by atoms with van der Waals surface area (Å²) in [6.45, 7) is 22.1. The largest absolute Gasteiger partial charge is 0.444 e. The van der Waals surface area contributed by atoms with Gasteiger partial charge in [-0.25, -0.2) is 4.79 Å². The van der Waals surface area contributed by atoms with Crippen LogP contribution in [-0.4, -0.2) is 104 Å². The van der Waals surface area contributed by atoms with Crippen LogP contribution in [0, 0.1) is 5.92 Å². The van der Waals surface area contributed by atoms with E-state index < -0.39 is 5.60 Å². The zero-order valence-corrected chi connectivity index (χ0v) is 22.1. The van der Waals surface area contributed by atoms with Gasteiger partial charge < -0.3 is 30.1 Å². The van der Waals surface area contributed by atoms with Crippen molar-refractivity contribution < 1.29 is 9.53 Å². The number of rotatable bonds is 7. The van der Waals surface area contributed by atoms with Crippen molar-refractivity contribution in [1.29, 1.82) is 0 Å². The number of hydrogen-bond donors (Lipinski definition) is 2. The minimum absolute atomic E-state index is 0. The van der Waals surface area contributed by atoms with Crippen molar-refractivity contribution >= 4 is 36.0 Å². The second kappa shape index (κ2) is 12.9. The minimum atomic E-state index is -0.453. The molecule has 1 unspecified atom stereocenters. The van der Waals surface area contributed by atoms with Gasteiger partial charge in [-0.2, -0.15) is 0 Å². The van der Waals surface area contributed by atoms with Crippen LogP contribution in [0.1, 0.15) is 41.5 Å². The highest BCUT2D eigenvalue weighted by molar-refractivity contribution is 14.0. The smallest absolute Gasteiger partial charge is 0.410 e. The van der Waals surface area contributed by atoms with E-state index in [-0.39, 0.29) is 36.1 Å². The Labute approximate surface area is 200 Å². The molecule has 2 rings (SSSR count). The third-order valence-electron chi connectivity index (χ3n) is 5.26. The van der Waals surface area contributed by atoms with E-state index >= 15 is 0 Å². The average Bonchev–Trinajstić information content (AvgIpc) is 2.61. The number of aliphatic imine (C=N–C) groups is 1. The molecule has 0 saturated carbocycles. The molecule has 8 nitrogen and oxygen atoms in total. The second-order valence-corrected chi connectivity index (χ2v) is 9.29. The molecule has 1 atom stereocenters. The van der Waals surface area contributed by atoms with Crippen molar-refractivity contribution in [2.24, 2.45) is 10.9 Å². The Morgan fingerprint density at radius 1 is 1.13 bits per heavy atom. The summed E-state index contributed by atoms with van der Waals surface area (Å²) in [4.78, 5) is 23.6. The molecule has 0 aliphatic carbocycles. The summed E-state index contributed by atoms with van der Waals surface area (Å²) < 4.78 is 5.41. The van der Waals surface area contributed by atoms with Crippen LogP contribution in [0.2, 0.25) is 0 Å². The highest BCUT2D eigenvalue weighted by Gasteiger charge is 2.34. The van der Waals surface area contributed by atoms with E-state index in [1.807, 2.05) is 20.8 Å². The molecule has 0 aromatic carbocycles. The van der Waals surface area contributed by atoms with Crippen LogP contribution >= 0.6 is 24.0 Å². The lowest BCUT2D eigenvalue weighted by Gasteiger charge is -2.40. The predicted molar refractivity (Wildman–Crippen MR) is 134 cm³/mol. The lowest BCUT2D eigenvalue weighted by Crippen LogP contribution is -2.63. The number of nitrogens with zero attached hydrogens (tertiary/aromatic N) is 4. The molecule has 0 aromatic rings. The van der Waals surface area contributed by atoms with Gasteiger partial charge in [-0.15, -0.1) is 24.0 Å². The van der Waals surface area contributed by atoms with Crippen molar-refractivity contribution in [3.63, 3.8) is 0 Å². The van der Waals surface area contributed by atoms with Gasteiger partial charge in [0.2, 0.25) is 0 Å². The molecule has 2 heterocycles. The summed E-state index contributed by atoms with van der Waals surface area (Å²) in [5.74, 6) is 1.35. The molecular formula is C21H43IN6O2. The fraction of sp³-hybridized carbons (Fsp3) is 0.905. The van der Waals surface area contributed by atoms with Crippen LogP contribution in [0.4, 0.5) is 4.79 Å². The summed E-state index contributed by atoms with van der Waals surface area (Å²) in [7, 11) is 0. The predicted octanol–water partition coefficient (Wildman–Crippen LogP) is 2.05. The van der Waals surface area contributed by atoms with Gasteiger partial charge in [-0.1, -0.05) is 13.8 Å². The number of halogens is 1. The number of likely N-dealkylation sites (tertiary alicyclic amines) is 1. The van der Waals surface area contributed by atoms with E-state index in [0.717, 1.165) is 45.2 Å². The lowest BCUT2D eigenvalue weighted by atomic mass is 10.1. The molecule has 9 heteroatoms. The van der Waals surface area contributed by atoms with E-state index in [4.69, 9.17) is 9.73 Å². The maximum absolute atomic E-state index is 12.1. The Morgan fingerprint density at radius 2 is 1.73 bits per heavy atom.